The molecule has 1 atom stereocenters. The van der Waals surface area contributed by atoms with Crippen LogP contribution in [0.15, 0.2) is 36.4 Å². The summed E-state index contributed by atoms with van der Waals surface area (Å²) in [5.41, 5.74) is 7.26. The van der Waals surface area contributed by atoms with Crippen molar-refractivity contribution in [1.82, 2.24) is 0 Å². The summed E-state index contributed by atoms with van der Waals surface area (Å²) >= 11 is 1.49. The molecule has 1 heterocycles. The smallest absolute Gasteiger partial charge is 0.349 e. The third-order valence-electron chi connectivity index (χ3n) is 4.28. The normalized spacial score (nSPS) is 15.7. The van der Waals surface area contributed by atoms with Gasteiger partial charge in [-0.05, 0) is 37.3 Å². The minimum absolute atomic E-state index is 0.473. The summed E-state index contributed by atoms with van der Waals surface area (Å²) in [6, 6.07) is 10.8. The maximum absolute atomic E-state index is 12.5. The standard InChI is InChI=1S/C19H21NO3S/c20-18(21)17(13-8-5-3-6-9-13)23-19(22)16-12-14-10-4-1-2-7-11-15(14)24-16/h3,5-6,8-9,12,17H,1-2,4,7,10-11H2,(H2,20,21). The van der Waals surface area contributed by atoms with E-state index in [1.807, 2.05) is 12.1 Å². The van der Waals surface area contributed by atoms with Crippen LogP contribution < -0.4 is 5.73 Å². The number of primary amides is 1. The first-order chi connectivity index (χ1) is 11.6. The third kappa shape index (κ3) is 3.85. The van der Waals surface area contributed by atoms with Crippen molar-refractivity contribution in [3.8, 4) is 0 Å². The van der Waals surface area contributed by atoms with Gasteiger partial charge in [0, 0.05) is 10.4 Å². The van der Waals surface area contributed by atoms with Crippen LogP contribution in [0, 0.1) is 0 Å². The van der Waals surface area contributed by atoms with E-state index in [0.29, 0.717) is 10.4 Å². The Bertz CT molecular complexity index is 698. The number of ether oxygens (including phenoxy) is 1. The van der Waals surface area contributed by atoms with Crippen molar-refractivity contribution < 1.29 is 14.3 Å². The van der Waals surface area contributed by atoms with Crippen LogP contribution in [0.3, 0.4) is 0 Å². The number of thiophene rings is 1. The molecule has 2 aromatic rings. The summed E-state index contributed by atoms with van der Waals surface area (Å²) in [5, 5.41) is 0. The van der Waals surface area contributed by atoms with E-state index < -0.39 is 18.0 Å². The lowest BCUT2D eigenvalue weighted by Gasteiger charge is -2.14. The minimum Gasteiger partial charge on any atom is -0.443 e. The minimum atomic E-state index is -1.05. The molecule has 2 N–H and O–H groups in total. The van der Waals surface area contributed by atoms with Gasteiger partial charge in [-0.25, -0.2) is 4.79 Å². The molecule has 4 nitrogen and oxygen atoms in total. The van der Waals surface area contributed by atoms with Gasteiger partial charge in [-0.15, -0.1) is 11.3 Å². The Morgan fingerprint density at radius 1 is 1.04 bits per heavy atom. The highest BCUT2D eigenvalue weighted by Gasteiger charge is 2.25. The van der Waals surface area contributed by atoms with Gasteiger partial charge >= 0.3 is 5.97 Å². The molecule has 3 rings (SSSR count). The molecule has 0 spiro atoms. The van der Waals surface area contributed by atoms with Crippen LogP contribution in [-0.2, 0) is 22.4 Å². The van der Waals surface area contributed by atoms with Crippen LogP contribution in [0.2, 0.25) is 0 Å². The number of esters is 1. The van der Waals surface area contributed by atoms with E-state index in [1.54, 1.807) is 24.3 Å². The Morgan fingerprint density at radius 2 is 1.75 bits per heavy atom. The van der Waals surface area contributed by atoms with Gasteiger partial charge in [-0.1, -0.05) is 43.2 Å². The topological polar surface area (TPSA) is 69.4 Å². The van der Waals surface area contributed by atoms with Crippen molar-refractivity contribution in [1.29, 1.82) is 0 Å². The van der Waals surface area contributed by atoms with Gasteiger partial charge in [0.1, 0.15) is 4.88 Å². The Kier molecular flexibility index (Phi) is 5.30. The molecule has 0 aliphatic heterocycles. The molecule has 0 radical (unpaired) electrons. The molecule has 0 fully saturated rings. The van der Waals surface area contributed by atoms with Crippen molar-refractivity contribution in [2.45, 2.75) is 44.6 Å². The molecule has 0 saturated carbocycles. The second-order valence-corrected chi connectivity index (χ2v) is 7.21. The fourth-order valence-electron chi connectivity index (χ4n) is 3.03. The highest BCUT2D eigenvalue weighted by molar-refractivity contribution is 7.14. The van der Waals surface area contributed by atoms with Gasteiger partial charge < -0.3 is 10.5 Å². The Labute approximate surface area is 145 Å². The lowest BCUT2D eigenvalue weighted by Crippen LogP contribution is -2.26. The summed E-state index contributed by atoms with van der Waals surface area (Å²) in [5.74, 6) is -1.14. The summed E-state index contributed by atoms with van der Waals surface area (Å²) in [4.78, 5) is 26.0. The van der Waals surface area contributed by atoms with Gasteiger partial charge in [-0.3, -0.25) is 4.79 Å². The maximum atomic E-state index is 12.5. The second kappa shape index (κ2) is 7.62. The Morgan fingerprint density at radius 3 is 2.46 bits per heavy atom. The van der Waals surface area contributed by atoms with Gasteiger partial charge in [0.2, 0.25) is 6.10 Å². The first kappa shape index (κ1) is 16.7. The average Bonchev–Trinajstić information content (AvgIpc) is 2.95. The number of hydrogen-bond acceptors (Lipinski definition) is 4. The predicted octanol–water partition coefficient (Wildman–Crippen LogP) is 3.79. The zero-order valence-electron chi connectivity index (χ0n) is 13.5. The molecule has 5 heteroatoms. The number of carbonyl (C=O) groups excluding carboxylic acids is 2. The van der Waals surface area contributed by atoms with Crippen LogP contribution in [0.1, 0.15) is 57.5 Å². The molecule has 1 aromatic carbocycles. The zero-order chi connectivity index (χ0) is 16.9. The highest BCUT2D eigenvalue weighted by Crippen LogP contribution is 2.30. The summed E-state index contributed by atoms with van der Waals surface area (Å²) in [6.45, 7) is 0. The lowest BCUT2D eigenvalue weighted by atomic mass is 10.00. The van der Waals surface area contributed by atoms with Crippen LogP contribution >= 0.6 is 11.3 Å². The molecule has 0 saturated heterocycles. The Hall–Kier alpha value is -2.14. The van der Waals surface area contributed by atoms with E-state index in [0.717, 1.165) is 25.7 Å². The molecule has 126 valence electrons. The van der Waals surface area contributed by atoms with E-state index in [2.05, 4.69) is 0 Å². The molecule has 1 aromatic heterocycles. The van der Waals surface area contributed by atoms with Crippen molar-refractivity contribution >= 4 is 23.2 Å². The quantitative estimate of drug-likeness (QED) is 0.859. The SMILES string of the molecule is NC(=O)C(OC(=O)c1cc2c(s1)CCCCCC2)c1ccccc1. The number of hydrogen-bond donors (Lipinski definition) is 1. The van der Waals surface area contributed by atoms with Crippen molar-refractivity contribution in [2.24, 2.45) is 5.73 Å². The fourth-order valence-corrected chi connectivity index (χ4v) is 4.16. The van der Waals surface area contributed by atoms with E-state index in [1.165, 1.54) is 34.6 Å². The summed E-state index contributed by atoms with van der Waals surface area (Å²) < 4.78 is 5.42. The van der Waals surface area contributed by atoms with Crippen LogP contribution in [0.5, 0.6) is 0 Å². The first-order valence-corrected chi connectivity index (χ1v) is 9.13. The largest absolute Gasteiger partial charge is 0.443 e. The van der Waals surface area contributed by atoms with Crippen molar-refractivity contribution in [3.63, 3.8) is 0 Å². The lowest BCUT2D eigenvalue weighted by molar-refractivity contribution is -0.127. The fraction of sp³-hybridized carbons (Fsp3) is 0.368. The number of amides is 1. The highest BCUT2D eigenvalue weighted by atomic mass is 32.1. The van der Waals surface area contributed by atoms with Crippen molar-refractivity contribution in [2.75, 3.05) is 0 Å². The van der Waals surface area contributed by atoms with Gasteiger partial charge in [0.15, 0.2) is 0 Å². The molecular formula is C19H21NO3S. The zero-order valence-corrected chi connectivity index (χ0v) is 14.3. The van der Waals surface area contributed by atoms with Crippen molar-refractivity contribution in [3.05, 3.63) is 57.3 Å². The number of fused-ring (bicyclic) bond motifs is 1. The molecule has 1 amide bonds. The van der Waals surface area contributed by atoms with E-state index in [9.17, 15) is 9.59 Å². The molecule has 24 heavy (non-hydrogen) atoms. The Balaban J connectivity index is 1.78. The van der Waals surface area contributed by atoms with Crippen LogP contribution in [-0.4, -0.2) is 11.9 Å². The summed E-state index contributed by atoms with van der Waals surface area (Å²) in [6.07, 6.45) is 5.79. The number of carbonyl (C=O) groups is 2. The average molecular weight is 343 g/mol. The van der Waals surface area contributed by atoms with E-state index in [-0.39, 0.29) is 0 Å². The third-order valence-corrected chi connectivity index (χ3v) is 5.50. The molecule has 1 aliphatic rings. The van der Waals surface area contributed by atoms with Crippen LogP contribution in [0.4, 0.5) is 0 Å². The summed E-state index contributed by atoms with van der Waals surface area (Å²) in [7, 11) is 0. The van der Waals surface area contributed by atoms with Gasteiger partial charge in [0.25, 0.3) is 5.91 Å². The van der Waals surface area contributed by atoms with E-state index in [4.69, 9.17) is 10.5 Å². The van der Waals surface area contributed by atoms with Gasteiger partial charge in [0.05, 0.1) is 0 Å². The van der Waals surface area contributed by atoms with Crippen LogP contribution in [0.25, 0.3) is 0 Å². The number of nitrogens with two attached hydrogens (primary N) is 1. The molecule has 1 unspecified atom stereocenters. The van der Waals surface area contributed by atoms with E-state index >= 15 is 0 Å². The maximum Gasteiger partial charge on any atom is 0.349 e. The molecular weight excluding hydrogens is 322 g/mol. The second-order valence-electron chi connectivity index (χ2n) is 6.07. The number of benzene rings is 1. The molecule has 0 bridgehead atoms. The number of aryl methyl sites for hydroxylation is 2. The monoisotopic (exact) mass is 343 g/mol. The van der Waals surface area contributed by atoms with Gasteiger partial charge in [-0.2, -0.15) is 0 Å². The number of rotatable bonds is 4. The predicted molar refractivity (Wildman–Crippen MR) is 94.0 cm³/mol. The first-order valence-electron chi connectivity index (χ1n) is 8.32. The molecule has 1 aliphatic carbocycles.